The molecule has 0 radical (unpaired) electrons. The van der Waals surface area contributed by atoms with Crippen LogP contribution in [0.5, 0.6) is 0 Å². The highest BCUT2D eigenvalue weighted by molar-refractivity contribution is 5.76. The molecule has 1 amide bonds. The molecule has 0 aliphatic carbocycles. The van der Waals surface area contributed by atoms with Gasteiger partial charge in [0.2, 0.25) is 5.91 Å². The minimum atomic E-state index is -0.356. The molecule has 3 rings (SSSR count). The van der Waals surface area contributed by atoms with Crippen molar-refractivity contribution >= 4 is 5.91 Å². The van der Waals surface area contributed by atoms with E-state index in [0.29, 0.717) is 30.2 Å². The van der Waals surface area contributed by atoms with Crippen LogP contribution in [0.1, 0.15) is 24.3 Å². The molecule has 0 atom stereocenters. The van der Waals surface area contributed by atoms with E-state index in [0.717, 1.165) is 19.5 Å². The molecule has 1 heterocycles. The summed E-state index contributed by atoms with van der Waals surface area (Å²) in [7, 11) is 2.07. The van der Waals surface area contributed by atoms with E-state index in [-0.39, 0.29) is 18.1 Å². The molecule has 0 saturated heterocycles. The highest BCUT2D eigenvalue weighted by atomic mass is 19.1. The van der Waals surface area contributed by atoms with E-state index in [4.69, 9.17) is 4.42 Å². The molecule has 0 saturated carbocycles. The molecule has 0 aliphatic rings. The van der Waals surface area contributed by atoms with Gasteiger partial charge in [0, 0.05) is 25.9 Å². The Morgan fingerprint density at radius 2 is 1.90 bits per heavy atom. The third-order valence-electron chi connectivity index (χ3n) is 4.59. The van der Waals surface area contributed by atoms with Crippen molar-refractivity contribution in [1.29, 1.82) is 0 Å². The number of aromatic nitrogens is 1. The first-order valence-corrected chi connectivity index (χ1v) is 9.80. The topological polar surface area (TPSA) is 58.4 Å². The fraction of sp³-hybridized carbons (Fsp3) is 0.304. The number of amides is 1. The molecule has 0 bridgehead atoms. The van der Waals surface area contributed by atoms with Crippen LogP contribution >= 0.6 is 0 Å². The van der Waals surface area contributed by atoms with Gasteiger partial charge in [-0.25, -0.2) is 9.37 Å². The number of carbonyl (C=O) groups is 1. The van der Waals surface area contributed by atoms with Crippen molar-refractivity contribution in [2.45, 2.75) is 25.8 Å². The zero-order valence-electron chi connectivity index (χ0n) is 16.6. The molecule has 0 fully saturated rings. The smallest absolute Gasteiger partial charge is 0.220 e. The van der Waals surface area contributed by atoms with Gasteiger partial charge in [-0.2, -0.15) is 0 Å². The lowest BCUT2D eigenvalue weighted by Gasteiger charge is -2.16. The van der Waals surface area contributed by atoms with Gasteiger partial charge in [0.25, 0.3) is 0 Å². The van der Waals surface area contributed by atoms with Gasteiger partial charge in [-0.3, -0.25) is 4.79 Å². The summed E-state index contributed by atoms with van der Waals surface area (Å²) < 4.78 is 19.4. The van der Waals surface area contributed by atoms with Gasteiger partial charge >= 0.3 is 0 Å². The third-order valence-corrected chi connectivity index (χ3v) is 4.59. The molecule has 0 aliphatic heterocycles. The Balaban J connectivity index is 1.34. The largest absolute Gasteiger partial charge is 0.441 e. The number of oxazole rings is 1. The SMILES string of the molecule is CN(CCCNC(=O)CCc1ncc(-c2ccccc2F)o1)Cc1ccccc1. The molecule has 152 valence electrons. The van der Waals surface area contributed by atoms with E-state index < -0.39 is 0 Å². The van der Waals surface area contributed by atoms with E-state index in [9.17, 15) is 9.18 Å². The Bertz CT molecular complexity index is 911. The number of carbonyl (C=O) groups excluding carboxylic acids is 1. The summed E-state index contributed by atoms with van der Waals surface area (Å²) >= 11 is 0. The Kier molecular flexibility index (Phi) is 7.53. The average molecular weight is 395 g/mol. The van der Waals surface area contributed by atoms with Crippen LogP contribution < -0.4 is 5.32 Å². The van der Waals surface area contributed by atoms with Crippen LogP contribution in [-0.4, -0.2) is 35.9 Å². The average Bonchev–Trinajstić information content (AvgIpc) is 3.19. The van der Waals surface area contributed by atoms with Crippen molar-refractivity contribution in [3.8, 4) is 11.3 Å². The third kappa shape index (κ3) is 6.54. The summed E-state index contributed by atoms with van der Waals surface area (Å²) in [4.78, 5) is 18.4. The standard InChI is InChI=1S/C23H26FN3O2/c1-27(17-18-8-3-2-4-9-18)15-7-14-25-22(28)12-13-23-26-16-21(29-23)19-10-5-6-11-20(19)24/h2-6,8-11,16H,7,12-15,17H2,1H3,(H,25,28). The fourth-order valence-corrected chi connectivity index (χ4v) is 3.07. The molecule has 5 nitrogen and oxygen atoms in total. The lowest BCUT2D eigenvalue weighted by molar-refractivity contribution is -0.121. The fourth-order valence-electron chi connectivity index (χ4n) is 3.07. The maximum Gasteiger partial charge on any atom is 0.220 e. The second-order valence-corrected chi connectivity index (χ2v) is 7.02. The van der Waals surface area contributed by atoms with Gasteiger partial charge in [0.05, 0.1) is 11.8 Å². The van der Waals surface area contributed by atoms with Crippen LogP contribution in [0.25, 0.3) is 11.3 Å². The first kappa shape index (κ1) is 20.7. The minimum Gasteiger partial charge on any atom is -0.441 e. The maximum absolute atomic E-state index is 13.8. The van der Waals surface area contributed by atoms with E-state index in [1.54, 1.807) is 18.2 Å². The Hall–Kier alpha value is -2.99. The predicted octanol–water partition coefficient (Wildman–Crippen LogP) is 4.05. The van der Waals surface area contributed by atoms with Crippen LogP contribution in [0, 0.1) is 5.82 Å². The second kappa shape index (κ2) is 10.5. The summed E-state index contributed by atoms with van der Waals surface area (Å²) in [6.45, 7) is 2.42. The second-order valence-electron chi connectivity index (χ2n) is 7.02. The highest BCUT2D eigenvalue weighted by Gasteiger charge is 2.11. The van der Waals surface area contributed by atoms with E-state index in [1.165, 1.54) is 17.8 Å². The number of nitrogens with zero attached hydrogens (tertiary/aromatic N) is 2. The van der Waals surface area contributed by atoms with Crippen molar-refractivity contribution in [1.82, 2.24) is 15.2 Å². The number of rotatable bonds is 10. The quantitative estimate of drug-likeness (QED) is 0.526. The lowest BCUT2D eigenvalue weighted by Crippen LogP contribution is -2.28. The van der Waals surface area contributed by atoms with Crippen molar-refractivity contribution in [3.63, 3.8) is 0 Å². The maximum atomic E-state index is 13.8. The number of aryl methyl sites for hydroxylation is 1. The van der Waals surface area contributed by atoms with Crippen LogP contribution in [0.3, 0.4) is 0 Å². The summed E-state index contributed by atoms with van der Waals surface area (Å²) in [6.07, 6.45) is 3.05. The molecule has 0 unspecified atom stereocenters. The van der Waals surface area contributed by atoms with Crippen molar-refractivity contribution in [3.05, 3.63) is 78.1 Å². The van der Waals surface area contributed by atoms with Gasteiger partial charge in [0.15, 0.2) is 11.7 Å². The van der Waals surface area contributed by atoms with E-state index >= 15 is 0 Å². The number of hydrogen-bond donors (Lipinski definition) is 1. The van der Waals surface area contributed by atoms with Crippen molar-refractivity contribution in [2.75, 3.05) is 20.1 Å². The van der Waals surface area contributed by atoms with Crippen LogP contribution in [0.4, 0.5) is 4.39 Å². The molecular formula is C23H26FN3O2. The molecule has 1 aromatic heterocycles. The minimum absolute atomic E-state index is 0.0404. The molecule has 2 aromatic carbocycles. The Labute approximate surface area is 170 Å². The van der Waals surface area contributed by atoms with Crippen LogP contribution in [-0.2, 0) is 17.8 Å². The van der Waals surface area contributed by atoms with Gasteiger partial charge in [0.1, 0.15) is 5.82 Å². The van der Waals surface area contributed by atoms with Crippen LogP contribution in [0.15, 0.2) is 65.2 Å². The Morgan fingerprint density at radius 1 is 1.14 bits per heavy atom. The molecule has 29 heavy (non-hydrogen) atoms. The Morgan fingerprint density at radius 3 is 2.69 bits per heavy atom. The normalized spacial score (nSPS) is 11.0. The first-order chi connectivity index (χ1) is 14.1. The van der Waals surface area contributed by atoms with E-state index in [2.05, 4.69) is 34.4 Å². The number of halogens is 1. The molecular weight excluding hydrogens is 369 g/mol. The van der Waals surface area contributed by atoms with E-state index in [1.807, 2.05) is 18.2 Å². The predicted molar refractivity (Wildman–Crippen MR) is 111 cm³/mol. The summed E-state index contributed by atoms with van der Waals surface area (Å²) in [5, 5.41) is 2.92. The zero-order valence-corrected chi connectivity index (χ0v) is 16.6. The van der Waals surface area contributed by atoms with Gasteiger partial charge in [-0.05, 0) is 37.7 Å². The van der Waals surface area contributed by atoms with Gasteiger partial charge < -0.3 is 14.6 Å². The molecule has 1 N–H and O–H groups in total. The summed E-state index contributed by atoms with van der Waals surface area (Å²) in [6, 6.07) is 16.7. The molecule has 3 aromatic rings. The van der Waals surface area contributed by atoms with Gasteiger partial charge in [-0.15, -0.1) is 0 Å². The number of nitrogens with one attached hydrogen (secondary N) is 1. The lowest BCUT2D eigenvalue weighted by atomic mass is 10.2. The summed E-state index contributed by atoms with van der Waals surface area (Å²) in [5.74, 6) is 0.410. The zero-order chi connectivity index (χ0) is 20.5. The van der Waals surface area contributed by atoms with Crippen molar-refractivity contribution in [2.24, 2.45) is 0 Å². The monoisotopic (exact) mass is 395 g/mol. The summed E-state index contributed by atoms with van der Waals surface area (Å²) in [5.41, 5.74) is 1.65. The first-order valence-electron chi connectivity index (χ1n) is 9.80. The van der Waals surface area contributed by atoms with Crippen molar-refractivity contribution < 1.29 is 13.6 Å². The van der Waals surface area contributed by atoms with Crippen LogP contribution in [0.2, 0.25) is 0 Å². The van der Waals surface area contributed by atoms with Gasteiger partial charge in [-0.1, -0.05) is 42.5 Å². The molecule has 0 spiro atoms. The number of hydrogen-bond acceptors (Lipinski definition) is 4. The number of benzene rings is 2. The molecule has 6 heteroatoms. The highest BCUT2D eigenvalue weighted by Crippen LogP contribution is 2.23.